The van der Waals surface area contributed by atoms with Gasteiger partial charge in [-0.05, 0) is 26.6 Å². The van der Waals surface area contributed by atoms with Crippen LogP contribution < -0.4 is 0 Å². The summed E-state index contributed by atoms with van der Waals surface area (Å²) in [6, 6.07) is 0. The number of fused-ring (bicyclic) bond motifs is 2. The third kappa shape index (κ3) is 1.91. The standard InChI is InChI=1S/C12H21NO5Si/c1-11-7-8(17-19(4,5)6)12(18-11,10(15)16-3)9(14)13(11)2/h8H,7H2,1-6H3/t8-,11-,12+/m1/s1. The zero-order valence-corrected chi connectivity index (χ0v) is 13.3. The Labute approximate surface area is 114 Å². The van der Waals surface area contributed by atoms with Gasteiger partial charge >= 0.3 is 5.97 Å². The van der Waals surface area contributed by atoms with Gasteiger partial charge in [0.1, 0.15) is 5.72 Å². The van der Waals surface area contributed by atoms with Crippen molar-refractivity contribution in [3.63, 3.8) is 0 Å². The van der Waals surface area contributed by atoms with E-state index >= 15 is 0 Å². The second-order valence-corrected chi connectivity index (χ2v) is 10.8. The number of nitrogens with zero attached hydrogens (tertiary/aromatic N) is 1. The van der Waals surface area contributed by atoms with E-state index in [9.17, 15) is 9.59 Å². The van der Waals surface area contributed by atoms with Crippen LogP contribution in [0.2, 0.25) is 19.6 Å². The van der Waals surface area contributed by atoms with Crippen molar-refractivity contribution in [1.29, 1.82) is 0 Å². The Hall–Kier alpha value is -0.923. The number of carbonyl (C=O) groups excluding carboxylic acids is 2. The molecule has 0 aromatic heterocycles. The maximum Gasteiger partial charge on any atom is 0.350 e. The molecule has 2 heterocycles. The number of piperidine rings is 1. The first-order valence-corrected chi connectivity index (χ1v) is 9.72. The molecule has 2 saturated heterocycles. The molecule has 0 spiro atoms. The van der Waals surface area contributed by atoms with Gasteiger partial charge in [0.2, 0.25) is 0 Å². The zero-order valence-electron chi connectivity index (χ0n) is 12.3. The molecule has 0 unspecified atom stereocenters. The van der Waals surface area contributed by atoms with Gasteiger partial charge in [-0.3, -0.25) is 4.79 Å². The molecule has 1 amide bonds. The average Bonchev–Trinajstić information content (AvgIpc) is 2.67. The van der Waals surface area contributed by atoms with Crippen LogP contribution >= 0.6 is 0 Å². The fourth-order valence-electron chi connectivity index (χ4n) is 2.76. The Morgan fingerprint density at radius 3 is 2.47 bits per heavy atom. The molecule has 0 N–H and O–H groups in total. The lowest BCUT2D eigenvalue weighted by Gasteiger charge is -2.37. The number of likely N-dealkylation sites (tertiary alicyclic amines) is 1. The summed E-state index contributed by atoms with van der Waals surface area (Å²) in [5, 5.41) is 0. The number of hydrogen-bond donors (Lipinski definition) is 0. The normalized spacial score (nSPS) is 37.9. The molecule has 2 aliphatic rings. The number of likely N-dealkylation sites (N-methyl/N-ethyl adjacent to an activating group) is 1. The summed E-state index contributed by atoms with van der Waals surface area (Å²) in [5.41, 5.74) is -2.42. The van der Waals surface area contributed by atoms with Crippen molar-refractivity contribution in [1.82, 2.24) is 4.90 Å². The van der Waals surface area contributed by atoms with Gasteiger partial charge in [-0.1, -0.05) is 0 Å². The predicted octanol–water partition coefficient (Wildman–Crippen LogP) is 0.727. The monoisotopic (exact) mass is 287 g/mol. The summed E-state index contributed by atoms with van der Waals surface area (Å²) in [5.74, 6) is -1.05. The molecule has 0 aliphatic carbocycles. The van der Waals surface area contributed by atoms with E-state index in [0.717, 1.165) is 0 Å². The van der Waals surface area contributed by atoms with Gasteiger partial charge in [-0.15, -0.1) is 0 Å². The summed E-state index contributed by atoms with van der Waals surface area (Å²) < 4.78 is 16.6. The molecule has 0 radical (unpaired) electrons. The highest BCUT2D eigenvalue weighted by Gasteiger charge is 2.73. The molecule has 3 atom stereocenters. The maximum absolute atomic E-state index is 12.4. The van der Waals surface area contributed by atoms with E-state index in [1.807, 2.05) is 19.6 Å². The minimum absolute atomic E-state index is 0.378. The van der Waals surface area contributed by atoms with Crippen LogP contribution in [0.15, 0.2) is 0 Å². The molecule has 7 heteroatoms. The van der Waals surface area contributed by atoms with E-state index in [0.29, 0.717) is 6.42 Å². The minimum atomic E-state index is -1.91. The Kier molecular flexibility index (Phi) is 3.08. The van der Waals surface area contributed by atoms with Crippen LogP contribution in [0.1, 0.15) is 13.3 Å². The lowest BCUT2D eigenvalue weighted by Crippen LogP contribution is -2.60. The molecule has 6 nitrogen and oxygen atoms in total. The summed E-state index contributed by atoms with van der Waals surface area (Å²) >= 11 is 0. The Morgan fingerprint density at radius 1 is 1.47 bits per heavy atom. The van der Waals surface area contributed by atoms with Gasteiger partial charge in [0.25, 0.3) is 11.5 Å². The quantitative estimate of drug-likeness (QED) is 0.435. The smallest absolute Gasteiger partial charge is 0.350 e. The first kappa shape index (κ1) is 14.5. The molecule has 0 saturated carbocycles. The van der Waals surface area contributed by atoms with Crippen molar-refractivity contribution >= 4 is 20.2 Å². The highest BCUT2D eigenvalue weighted by molar-refractivity contribution is 6.69. The van der Waals surface area contributed by atoms with Gasteiger partial charge in [-0.25, -0.2) is 4.79 Å². The van der Waals surface area contributed by atoms with Crippen LogP contribution in [0.25, 0.3) is 0 Å². The number of esters is 1. The van der Waals surface area contributed by atoms with Crippen molar-refractivity contribution in [2.24, 2.45) is 0 Å². The van der Waals surface area contributed by atoms with Gasteiger partial charge in [0.05, 0.1) is 13.2 Å². The number of rotatable bonds is 3. The number of carbonyl (C=O) groups is 2. The van der Waals surface area contributed by atoms with Gasteiger partial charge in [0.15, 0.2) is 8.32 Å². The lowest BCUT2D eigenvalue weighted by molar-refractivity contribution is -0.174. The van der Waals surface area contributed by atoms with Crippen molar-refractivity contribution < 1.29 is 23.5 Å². The molecule has 19 heavy (non-hydrogen) atoms. The molecular weight excluding hydrogens is 266 g/mol. The molecular formula is C12H21NO5Si. The highest BCUT2D eigenvalue weighted by atomic mass is 28.4. The van der Waals surface area contributed by atoms with E-state index in [2.05, 4.69) is 0 Å². The van der Waals surface area contributed by atoms with Crippen molar-refractivity contribution in [3.8, 4) is 0 Å². The van der Waals surface area contributed by atoms with E-state index in [1.165, 1.54) is 12.0 Å². The zero-order chi connectivity index (χ0) is 14.6. The number of methoxy groups -OCH3 is 1. The number of ether oxygens (including phenoxy) is 2. The Bertz CT molecular complexity index is 434. The third-order valence-electron chi connectivity index (χ3n) is 3.71. The van der Waals surface area contributed by atoms with Gasteiger partial charge in [-0.2, -0.15) is 0 Å². The van der Waals surface area contributed by atoms with Crippen LogP contribution in [0.4, 0.5) is 0 Å². The van der Waals surface area contributed by atoms with Crippen molar-refractivity contribution in [3.05, 3.63) is 0 Å². The highest BCUT2D eigenvalue weighted by Crippen LogP contribution is 2.50. The average molecular weight is 287 g/mol. The van der Waals surface area contributed by atoms with Crippen LogP contribution in [-0.4, -0.2) is 56.7 Å². The molecule has 108 valence electrons. The number of hydrogen-bond acceptors (Lipinski definition) is 5. The molecule has 2 aliphatic heterocycles. The summed E-state index contributed by atoms with van der Waals surface area (Å²) in [6.45, 7) is 7.84. The first-order valence-electron chi connectivity index (χ1n) is 6.31. The lowest BCUT2D eigenvalue weighted by atomic mass is 9.89. The van der Waals surface area contributed by atoms with Crippen LogP contribution in [0, 0.1) is 0 Å². The fraction of sp³-hybridized carbons (Fsp3) is 0.833. The molecule has 0 aromatic rings. The Morgan fingerprint density at radius 2 is 2.05 bits per heavy atom. The van der Waals surface area contributed by atoms with Crippen LogP contribution in [-0.2, 0) is 23.5 Å². The van der Waals surface area contributed by atoms with Gasteiger partial charge in [0, 0.05) is 13.5 Å². The Balaban J connectivity index is 2.42. The second-order valence-electron chi connectivity index (χ2n) is 6.29. The van der Waals surface area contributed by atoms with Crippen LogP contribution in [0.3, 0.4) is 0 Å². The fourth-order valence-corrected chi connectivity index (χ4v) is 3.86. The minimum Gasteiger partial charge on any atom is -0.466 e. The summed E-state index contributed by atoms with van der Waals surface area (Å²) in [6.07, 6.45) is -0.0884. The number of amides is 1. The third-order valence-corrected chi connectivity index (χ3v) is 4.71. The largest absolute Gasteiger partial charge is 0.466 e. The maximum atomic E-state index is 12.4. The molecule has 2 fully saturated rings. The molecule has 0 aromatic carbocycles. The molecule has 2 bridgehead atoms. The van der Waals surface area contributed by atoms with E-state index in [1.54, 1.807) is 14.0 Å². The predicted molar refractivity (Wildman–Crippen MR) is 69.8 cm³/mol. The van der Waals surface area contributed by atoms with Crippen LogP contribution in [0.5, 0.6) is 0 Å². The summed E-state index contributed by atoms with van der Waals surface area (Å²) in [7, 11) is 0.985. The van der Waals surface area contributed by atoms with E-state index in [4.69, 9.17) is 13.9 Å². The SMILES string of the molecule is COC(=O)[C@]12O[C@](C)(C[C@H]1O[Si](C)(C)C)N(C)C2=O. The topological polar surface area (TPSA) is 65.1 Å². The summed E-state index contributed by atoms with van der Waals surface area (Å²) in [4.78, 5) is 26.0. The first-order chi connectivity index (χ1) is 8.57. The van der Waals surface area contributed by atoms with Crippen molar-refractivity contribution in [2.45, 2.75) is 50.4 Å². The second kappa shape index (κ2) is 4.03. The van der Waals surface area contributed by atoms with E-state index in [-0.39, 0.29) is 5.91 Å². The molecule has 2 rings (SSSR count). The van der Waals surface area contributed by atoms with Gasteiger partial charge < -0.3 is 18.8 Å². The van der Waals surface area contributed by atoms with Crippen molar-refractivity contribution in [2.75, 3.05) is 14.2 Å². The van der Waals surface area contributed by atoms with E-state index < -0.39 is 31.7 Å².